The standard InChI is InChI=1S/C14H18O2S/c1-11-4-2-5-12(8-11)10-17(16)14-7-3-6-13(15)9-14/h2,4-5,8,14H,3,6-7,9-10H2,1H3. The SMILES string of the molecule is Cc1cccc(CS(=O)C2CCCC(=O)C2)c1. The summed E-state index contributed by atoms with van der Waals surface area (Å²) in [6, 6.07) is 8.11. The average Bonchev–Trinajstić information content (AvgIpc) is 2.29. The summed E-state index contributed by atoms with van der Waals surface area (Å²) in [6.07, 6.45) is 3.03. The minimum atomic E-state index is -0.907. The van der Waals surface area contributed by atoms with Crippen LogP contribution in [0, 0.1) is 6.92 Å². The van der Waals surface area contributed by atoms with Crippen molar-refractivity contribution in [2.24, 2.45) is 0 Å². The Morgan fingerprint density at radius 1 is 1.41 bits per heavy atom. The highest BCUT2D eigenvalue weighted by Crippen LogP contribution is 2.22. The zero-order valence-electron chi connectivity index (χ0n) is 10.1. The lowest BCUT2D eigenvalue weighted by Gasteiger charge is -2.20. The molecule has 2 nitrogen and oxygen atoms in total. The van der Waals surface area contributed by atoms with Gasteiger partial charge in [0.2, 0.25) is 0 Å². The zero-order chi connectivity index (χ0) is 12.3. The van der Waals surface area contributed by atoms with Crippen LogP contribution < -0.4 is 0 Å². The molecule has 0 amide bonds. The molecule has 1 aliphatic carbocycles. The molecule has 3 heteroatoms. The molecule has 0 radical (unpaired) electrons. The minimum Gasteiger partial charge on any atom is -0.300 e. The molecule has 0 heterocycles. The van der Waals surface area contributed by atoms with E-state index in [1.807, 2.05) is 25.1 Å². The van der Waals surface area contributed by atoms with Crippen LogP contribution in [0.15, 0.2) is 24.3 Å². The van der Waals surface area contributed by atoms with Crippen molar-refractivity contribution in [2.75, 3.05) is 0 Å². The molecule has 1 fully saturated rings. The van der Waals surface area contributed by atoms with Crippen molar-refractivity contribution in [1.82, 2.24) is 0 Å². The van der Waals surface area contributed by atoms with E-state index in [0.29, 0.717) is 18.6 Å². The van der Waals surface area contributed by atoms with E-state index in [9.17, 15) is 9.00 Å². The Labute approximate surface area is 105 Å². The molecular weight excluding hydrogens is 232 g/mol. The van der Waals surface area contributed by atoms with Crippen molar-refractivity contribution in [3.8, 4) is 0 Å². The summed E-state index contributed by atoms with van der Waals surface area (Å²) in [4.78, 5) is 11.4. The fourth-order valence-corrected chi connectivity index (χ4v) is 3.84. The van der Waals surface area contributed by atoms with Gasteiger partial charge in [0.1, 0.15) is 5.78 Å². The zero-order valence-corrected chi connectivity index (χ0v) is 11.0. The third-order valence-electron chi connectivity index (χ3n) is 3.20. The number of rotatable bonds is 3. The first-order valence-electron chi connectivity index (χ1n) is 6.09. The highest BCUT2D eigenvalue weighted by molar-refractivity contribution is 7.84. The smallest absolute Gasteiger partial charge is 0.134 e. The van der Waals surface area contributed by atoms with Crippen LogP contribution in [0.25, 0.3) is 0 Å². The Morgan fingerprint density at radius 2 is 2.24 bits per heavy atom. The first kappa shape index (κ1) is 12.5. The van der Waals surface area contributed by atoms with Gasteiger partial charge < -0.3 is 0 Å². The van der Waals surface area contributed by atoms with E-state index >= 15 is 0 Å². The highest BCUT2D eigenvalue weighted by Gasteiger charge is 2.24. The van der Waals surface area contributed by atoms with Gasteiger partial charge in [-0.05, 0) is 25.3 Å². The normalized spacial score (nSPS) is 22.4. The third-order valence-corrected chi connectivity index (χ3v) is 4.96. The maximum Gasteiger partial charge on any atom is 0.134 e. The molecule has 0 saturated heterocycles. The van der Waals surface area contributed by atoms with Crippen LogP contribution in [0.4, 0.5) is 0 Å². The highest BCUT2D eigenvalue weighted by atomic mass is 32.2. The van der Waals surface area contributed by atoms with Gasteiger partial charge in [-0.1, -0.05) is 29.8 Å². The maximum atomic E-state index is 12.2. The van der Waals surface area contributed by atoms with Gasteiger partial charge in [-0.15, -0.1) is 0 Å². The third kappa shape index (κ3) is 3.50. The summed E-state index contributed by atoms with van der Waals surface area (Å²) < 4.78 is 12.2. The van der Waals surface area contributed by atoms with Crippen molar-refractivity contribution in [1.29, 1.82) is 0 Å². The van der Waals surface area contributed by atoms with E-state index in [2.05, 4.69) is 6.07 Å². The molecular formula is C14H18O2S. The summed E-state index contributed by atoms with van der Waals surface area (Å²) >= 11 is 0. The van der Waals surface area contributed by atoms with Crippen LogP contribution in [0.5, 0.6) is 0 Å². The summed E-state index contributed by atoms with van der Waals surface area (Å²) in [5.74, 6) is 0.860. The number of hydrogen-bond acceptors (Lipinski definition) is 2. The van der Waals surface area contributed by atoms with Crippen molar-refractivity contribution in [2.45, 2.75) is 43.6 Å². The second kappa shape index (κ2) is 5.58. The van der Waals surface area contributed by atoms with E-state index in [4.69, 9.17) is 0 Å². The van der Waals surface area contributed by atoms with Crippen LogP contribution in [0.3, 0.4) is 0 Å². The van der Waals surface area contributed by atoms with Crippen molar-refractivity contribution < 1.29 is 9.00 Å². The van der Waals surface area contributed by atoms with E-state index in [1.165, 1.54) is 5.56 Å². The molecule has 1 aromatic carbocycles. The second-order valence-electron chi connectivity index (χ2n) is 4.77. The summed E-state index contributed by atoms with van der Waals surface area (Å²) in [6.45, 7) is 2.04. The van der Waals surface area contributed by atoms with Crippen LogP contribution in [0.2, 0.25) is 0 Å². The molecule has 17 heavy (non-hydrogen) atoms. The van der Waals surface area contributed by atoms with E-state index < -0.39 is 10.8 Å². The molecule has 0 aliphatic heterocycles. The molecule has 92 valence electrons. The van der Waals surface area contributed by atoms with Crippen molar-refractivity contribution in [3.63, 3.8) is 0 Å². The number of ketones is 1. The molecule has 0 N–H and O–H groups in total. The Hall–Kier alpha value is -0.960. The minimum absolute atomic E-state index is 0.0803. The number of Topliss-reactive ketones (excluding diaryl/α,β-unsaturated/α-hetero) is 1. The molecule has 0 spiro atoms. The Bertz CT molecular complexity index is 440. The predicted molar refractivity (Wildman–Crippen MR) is 70.3 cm³/mol. The summed E-state index contributed by atoms with van der Waals surface area (Å²) in [5, 5.41) is 0.0803. The Balaban J connectivity index is 1.99. The number of hydrogen-bond donors (Lipinski definition) is 0. The second-order valence-corrected chi connectivity index (χ2v) is 6.49. The van der Waals surface area contributed by atoms with Gasteiger partial charge in [0.15, 0.2) is 0 Å². The Morgan fingerprint density at radius 3 is 2.94 bits per heavy atom. The quantitative estimate of drug-likeness (QED) is 0.826. The molecule has 1 aromatic rings. The van der Waals surface area contributed by atoms with Gasteiger partial charge in [-0.2, -0.15) is 0 Å². The molecule has 1 aliphatic rings. The first-order chi connectivity index (χ1) is 8.15. The van der Waals surface area contributed by atoms with Crippen LogP contribution in [-0.2, 0) is 21.3 Å². The van der Waals surface area contributed by atoms with Crippen LogP contribution >= 0.6 is 0 Å². The molecule has 2 rings (SSSR count). The van der Waals surface area contributed by atoms with Gasteiger partial charge in [-0.25, -0.2) is 0 Å². The number of carbonyl (C=O) groups excluding carboxylic acids is 1. The summed E-state index contributed by atoms with van der Waals surface area (Å²) in [5.41, 5.74) is 2.31. The number of carbonyl (C=O) groups is 1. The molecule has 0 bridgehead atoms. The summed E-state index contributed by atoms with van der Waals surface area (Å²) in [7, 11) is -0.907. The average molecular weight is 250 g/mol. The van der Waals surface area contributed by atoms with Gasteiger partial charge >= 0.3 is 0 Å². The topological polar surface area (TPSA) is 34.1 Å². The van der Waals surface area contributed by atoms with E-state index in [-0.39, 0.29) is 11.0 Å². The lowest BCUT2D eigenvalue weighted by molar-refractivity contribution is -0.120. The maximum absolute atomic E-state index is 12.2. The monoisotopic (exact) mass is 250 g/mol. The largest absolute Gasteiger partial charge is 0.300 e. The van der Waals surface area contributed by atoms with Crippen LogP contribution in [0.1, 0.15) is 36.8 Å². The van der Waals surface area contributed by atoms with Gasteiger partial charge in [0, 0.05) is 34.6 Å². The molecule has 2 unspecified atom stereocenters. The molecule has 0 aromatic heterocycles. The van der Waals surface area contributed by atoms with Gasteiger partial charge in [0.05, 0.1) is 0 Å². The Kier molecular flexibility index (Phi) is 4.11. The molecule has 1 saturated carbocycles. The van der Waals surface area contributed by atoms with Crippen molar-refractivity contribution in [3.05, 3.63) is 35.4 Å². The fraction of sp³-hybridized carbons (Fsp3) is 0.500. The van der Waals surface area contributed by atoms with Gasteiger partial charge in [-0.3, -0.25) is 9.00 Å². The van der Waals surface area contributed by atoms with Gasteiger partial charge in [0.25, 0.3) is 0 Å². The fourth-order valence-electron chi connectivity index (χ4n) is 2.29. The number of benzene rings is 1. The number of aryl methyl sites for hydroxylation is 1. The van der Waals surface area contributed by atoms with Crippen LogP contribution in [-0.4, -0.2) is 15.2 Å². The predicted octanol–water partition coefficient (Wildman–Crippen LogP) is 2.76. The first-order valence-corrected chi connectivity index (χ1v) is 7.48. The van der Waals surface area contributed by atoms with E-state index in [0.717, 1.165) is 18.4 Å². The van der Waals surface area contributed by atoms with E-state index in [1.54, 1.807) is 0 Å². The molecule has 2 atom stereocenters. The van der Waals surface area contributed by atoms with Crippen molar-refractivity contribution >= 4 is 16.6 Å². The lowest BCUT2D eigenvalue weighted by atomic mass is 9.99. The lowest BCUT2D eigenvalue weighted by Crippen LogP contribution is -2.25.